The van der Waals surface area contributed by atoms with Gasteiger partial charge in [0.1, 0.15) is 5.75 Å². The number of anilines is 2. The molecule has 1 fully saturated rings. The monoisotopic (exact) mass is 273 g/mol. The van der Waals surface area contributed by atoms with Crippen LogP contribution in [0.5, 0.6) is 5.75 Å². The summed E-state index contributed by atoms with van der Waals surface area (Å²) in [7, 11) is 0. The second-order valence-corrected chi connectivity index (χ2v) is 4.97. The first-order valence-corrected chi connectivity index (χ1v) is 6.93. The first-order valence-electron chi connectivity index (χ1n) is 6.93. The summed E-state index contributed by atoms with van der Waals surface area (Å²) in [5.74, 6) is 0.750. The van der Waals surface area contributed by atoms with Crippen molar-refractivity contribution in [1.82, 2.24) is 5.32 Å². The minimum atomic E-state index is -0.0186. The van der Waals surface area contributed by atoms with Gasteiger partial charge < -0.3 is 19.9 Å². The van der Waals surface area contributed by atoms with Crippen LogP contribution in [-0.2, 0) is 4.79 Å². The molecule has 0 atom stereocenters. The lowest BCUT2D eigenvalue weighted by Crippen LogP contribution is -2.44. The molecule has 3 rings (SSSR count). The van der Waals surface area contributed by atoms with E-state index in [4.69, 9.17) is 4.74 Å². The number of benzene rings is 1. The number of amides is 1. The van der Waals surface area contributed by atoms with Crippen LogP contribution in [0.1, 0.15) is 0 Å². The number of carbonyl (C=O) groups is 1. The molecule has 2 heterocycles. The molecule has 106 valence electrons. The van der Waals surface area contributed by atoms with Crippen LogP contribution >= 0.6 is 0 Å². The van der Waals surface area contributed by atoms with Crippen LogP contribution in [0, 0.1) is 0 Å². The van der Waals surface area contributed by atoms with Gasteiger partial charge in [-0.3, -0.25) is 4.79 Å². The van der Waals surface area contributed by atoms with Crippen molar-refractivity contribution in [3.63, 3.8) is 0 Å². The van der Waals surface area contributed by atoms with E-state index >= 15 is 0 Å². The van der Waals surface area contributed by atoms with Gasteiger partial charge in [-0.2, -0.15) is 0 Å². The van der Waals surface area contributed by atoms with E-state index in [0.717, 1.165) is 43.3 Å². The van der Waals surface area contributed by atoms with Crippen molar-refractivity contribution in [2.45, 2.75) is 0 Å². The topological polar surface area (TPSA) is 44.8 Å². The maximum Gasteiger partial charge on any atom is 0.265 e. The maximum atomic E-state index is 12.0. The summed E-state index contributed by atoms with van der Waals surface area (Å²) >= 11 is 0. The normalized spacial score (nSPS) is 18.5. The molecule has 1 aromatic rings. The van der Waals surface area contributed by atoms with Gasteiger partial charge in [0, 0.05) is 38.4 Å². The molecule has 5 nitrogen and oxygen atoms in total. The Bertz CT molecular complexity index is 524. The zero-order valence-corrected chi connectivity index (χ0v) is 11.5. The summed E-state index contributed by atoms with van der Waals surface area (Å²) in [6, 6.07) is 6.06. The van der Waals surface area contributed by atoms with E-state index in [1.54, 1.807) is 11.0 Å². The molecule has 5 heteroatoms. The molecule has 0 aliphatic carbocycles. The highest BCUT2D eigenvalue weighted by Gasteiger charge is 2.25. The van der Waals surface area contributed by atoms with E-state index in [0.29, 0.717) is 6.54 Å². The Kier molecular flexibility index (Phi) is 3.60. The second-order valence-electron chi connectivity index (χ2n) is 4.97. The van der Waals surface area contributed by atoms with Gasteiger partial charge in [-0.25, -0.2) is 0 Å². The predicted octanol–water partition coefficient (Wildman–Crippen LogP) is 1.01. The number of nitrogens with one attached hydrogen (secondary N) is 1. The van der Waals surface area contributed by atoms with E-state index in [-0.39, 0.29) is 12.5 Å². The Morgan fingerprint density at radius 2 is 2.15 bits per heavy atom. The number of hydrogen-bond donors (Lipinski definition) is 1. The van der Waals surface area contributed by atoms with E-state index in [1.807, 2.05) is 12.1 Å². The molecule has 2 aliphatic rings. The summed E-state index contributed by atoms with van der Waals surface area (Å²) in [6.45, 7) is 8.28. The summed E-state index contributed by atoms with van der Waals surface area (Å²) in [5, 5.41) is 3.34. The number of carbonyl (C=O) groups excluding carboxylic acids is 1. The van der Waals surface area contributed by atoms with Crippen LogP contribution in [-0.4, -0.2) is 45.2 Å². The lowest BCUT2D eigenvalue weighted by Gasteiger charge is -2.33. The summed E-state index contributed by atoms with van der Waals surface area (Å²) in [6.07, 6.45) is 1.74. The Hall–Kier alpha value is -2.01. The van der Waals surface area contributed by atoms with E-state index in [9.17, 15) is 4.79 Å². The fourth-order valence-corrected chi connectivity index (χ4v) is 2.64. The van der Waals surface area contributed by atoms with Crippen LogP contribution in [0.2, 0.25) is 0 Å². The van der Waals surface area contributed by atoms with Gasteiger partial charge in [0.15, 0.2) is 6.61 Å². The zero-order valence-electron chi connectivity index (χ0n) is 11.5. The molecule has 0 saturated carbocycles. The van der Waals surface area contributed by atoms with Crippen molar-refractivity contribution in [2.75, 3.05) is 49.1 Å². The average Bonchev–Trinajstić information content (AvgIpc) is 2.51. The minimum absolute atomic E-state index is 0.0186. The molecular weight excluding hydrogens is 254 g/mol. The smallest absolute Gasteiger partial charge is 0.265 e. The number of piperazine rings is 1. The fourth-order valence-electron chi connectivity index (χ4n) is 2.64. The van der Waals surface area contributed by atoms with E-state index < -0.39 is 0 Å². The summed E-state index contributed by atoms with van der Waals surface area (Å²) in [5.41, 5.74) is 1.98. The highest BCUT2D eigenvalue weighted by molar-refractivity contribution is 5.98. The largest absolute Gasteiger partial charge is 0.482 e. The molecule has 0 radical (unpaired) electrons. The maximum absolute atomic E-state index is 12.0. The summed E-state index contributed by atoms with van der Waals surface area (Å²) in [4.78, 5) is 16.0. The van der Waals surface area contributed by atoms with Gasteiger partial charge in [0.05, 0.1) is 5.69 Å². The van der Waals surface area contributed by atoms with Crippen LogP contribution in [0.3, 0.4) is 0 Å². The van der Waals surface area contributed by atoms with Gasteiger partial charge in [0.2, 0.25) is 0 Å². The van der Waals surface area contributed by atoms with Gasteiger partial charge in [0.25, 0.3) is 5.91 Å². The molecule has 1 N–H and O–H groups in total. The molecule has 20 heavy (non-hydrogen) atoms. The number of nitrogens with zero attached hydrogens (tertiary/aromatic N) is 2. The minimum Gasteiger partial charge on any atom is -0.482 e. The van der Waals surface area contributed by atoms with Crippen LogP contribution in [0.25, 0.3) is 0 Å². The van der Waals surface area contributed by atoms with E-state index in [1.165, 1.54) is 0 Å². The number of hydrogen-bond acceptors (Lipinski definition) is 4. The first kappa shape index (κ1) is 13.0. The van der Waals surface area contributed by atoms with Gasteiger partial charge in [-0.1, -0.05) is 6.08 Å². The third-order valence-corrected chi connectivity index (χ3v) is 3.68. The van der Waals surface area contributed by atoms with Gasteiger partial charge in [-0.05, 0) is 18.2 Å². The molecule has 2 aliphatic heterocycles. The molecular formula is C15H19N3O2. The lowest BCUT2D eigenvalue weighted by molar-refractivity contribution is -0.121. The van der Waals surface area contributed by atoms with Crippen molar-refractivity contribution in [3.8, 4) is 5.75 Å². The number of rotatable bonds is 3. The molecule has 1 amide bonds. The molecule has 1 saturated heterocycles. The number of ether oxygens (including phenoxy) is 1. The Morgan fingerprint density at radius 3 is 2.90 bits per heavy atom. The molecule has 0 unspecified atom stereocenters. The Balaban J connectivity index is 1.92. The molecule has 0 spiro atoms. The molecule has 1 aromatic carbocycles. The quantitative estimate of drug-likeness (QED) is 0.835. The van der Waals surface area contributed by atoms with Crippen molar-refractivity contribution >= 4 is 17.3 Å². The molecule has 0 aromatic heterocycles. The van der Waals surface area contributed by atoms with Crippen molar-refractivity contribution in [1.29, 1.82) is 0 Å². The lowest BCUT2D eigenvalue weighted by atomic mass is 10.2. The van der Waals surface area contributed by atoms with E-state index in [2.05, 4.69) is 22.9 Å². The van der Waals surface area contributed by atoms with Crippen molar-refractivity contribution in [2.24, 2.45) is 0 Å². The van der Waals surface area contributed by atoms with Gasteiger partial charge >= 0.3 is 0 Å². The highest BCUT2D eigenvalue weighted by atomic mass is 16.5. The predicted molar refractivity (Wildman–Crippen MR) is 79.6 cm³/mol. The number of fused-ring (bicyclic) bond motifs is 1. The summed E-state index contributed by atoms with van der Waals surface area (Å²) < 4.78 is 5.50. The van der Waals surface area contributed by atoms with Crippen molar-refractivity contribution < 1.29 is 9.53 Å². The van der Waals surface area contributed by atoms with Crippen LogP contribution < -0.4 is 19.9 Å². The van der Waals surface area contributed by atoms with Crippen molar-refractivity contribution in [3.05, 3.63) is 30.9 Å². The Labute approximate surface area is 118 Å². The third kappa shape index (κ3) is 2.36. The SMILES string of the molecule is C=CCN1C(=O)COc2ccc(N3CCNCC3)cc21. The van der Waals surface area contributed by atoms with Crippen LogP contribution in [0.15, 0.2) is 30.9 Å². The third-order valence-electron chi connectivity index (χ3n) is 3.68. The van der Waals surface area contributed by atoms with Crippen LogP contribution in [0.4, 0.5) is 11.4 Å². The molecule has 0 bridgehead atoms. The Morgan fingerprint density at radius 1 is 1.35 bits per heavy atom. The van der Waals surface area contributed by atoms with Gasteiger partial charge in [-0.15, -0.1) is 6.58 Å². The second kappa shape index (κ2) is 5.54. The highest BCUT2D eigenvalue weighted by Crippen LogP contribution is 2.35. The standard InChI is InChI=1S/C15H19N3O2/c1-2-7-18-13-10-12(17-8-5-16-6-9-17)3-4-14(13)20-11-15(18)19/h2-4,10,16H,1,5-9,11H2. The first-order chi connectivity index (χ1) is 9.79. The zero-order chi connectivity index (χ0) is 13.9. The average molecular weight is 273 g/mol. The fraction of sp³-hybridized carbons (Fsp3) is 0.400.